The second-order valence-corrected chi connectivity index (χ2v) is 4.16. The zero-order valence-corrected chi connectivity index (χ0v) is 11.3. The molecule has 2 aromatic heterocycles. The highest BCUT2D eigenvalue weighted by Crippen LogP contribution is 2.16. The second-order valence-electron chi connectivity index (χ2n) is 4.16. The molecule has 5 heteroatoms. The van der Waals surface area contributed by atoms with Gasteiger partial charge in [0.05, 0.1) is 6.26 Å². The quantitative estimate of drug-likeness (QED) is 0.830. The topological polar surface area (TPSA) is 60.2 Å². The summed E-state index contributed by atoms with van der Waals surface area (Å²) in [5, 5.41) is 3.19. The predicted octanol–water partition coefficient (Wildman–Crippen LogP) is 3.03. The van der Waals surface area contributed by atoms with Gasteiger partial charge in [-0.05, 0) is 25.5 Å². The van der Waals surface area contributed by atoms with Crippen LogP contribution in [-0.2, 0) is 13.0 Å². The molecule has 0 bridgehead atoms. The molecule has 2 heterocycles. The fraction of sp³-hybridized carbons (Fsp3) is 0.429. The number of furan rings is 1. The van der Waals surface area contributed by atoms with Gasteiger partial charge in [-0.25, -0.2) is 4.98 Å². The van der Waals surface area contributed by atoms with Gasteiger partial charge in [-0.1, -0.05) is 6.92 Å². The Morgan fingerprint density at radius 1 is 1.32 bits per heavy atom. The summed E-state index contributed by atoms with van der Waals surface area (Å²) in [6.45, 7) is 5.33. The molecule has 0 amide bonds. The van der Waals surface area contributed by atoms with Crippen molar-refractivity contribution in [1.82, 2.24) is 9.97 Å². The molecule has 2 aromatic rings. The summed E-state index contributed by atoms with van der Waals surface area (Å²) in [4.78, 5) is 8.82. The van der Waals surface area contributed by atoms with E-state index in [0.29, 0.717) is 12.5 Å². The molecule has 1 N–H and O–H groups in total. The van der Waals surface area contributed by atoms with Gasteiger partial charge in [-0.2, -0.15) is 4.98 Å². The number of rotatable bonds is 7. The smallest absolute Gasteiger partial charge is 0.219 e. The lowest BCUT2D eigenvalue weighted by Gasteiger charge is -2.09. The standard InChI is InChI=1S/C14H19N3O2/c1-3-6-12-16-13(15-4-2)9-14(17-12)19-10-11-7-5-8-18-11/h5,7-9H,3-4,6,10H2,1-2H3,(H,15,16,17). The molecule has 0 aliphatic heterocycles. The maximum Gasteiger partial charge on any atom is 0.219 e. The van der Waals surface area contributed by atoms with E-state index in [1.165, 1.54) is 0 Å². The van der Waals surface area contributed by atoms with Crippen LogP contribution in [0.3, 0.4) is 0 Å². The van der Waals surface area contributed by atoms with Crippen LogP contribution in [0.1, 0.15) is 31.9 Å². The van der Waals surface area contributed by atoms with Crippen LogP contribution in [0.4, 0.5) is 5.82 Å². The van der Waals surface area contributed by atoms with Crippen LogP contribution in [0.25, 0.3) is 0 Å². The number of aromatic nitrogens is 2. The molecule has 0 aromatic carbocycles. The Hall–Kier alpha value is -2.04. The summed E-state index contributed by atoms with van der Waals surface area (Å²) in [7, 11) is 0. The molecule has 0 spiro atoms. The van der Waals surface area contributed by atoms with Gasteiger partial charge >= 0.3 is 0 Å². The first kappa shape index (κ1) is 13.4. The van der Waals surface area contributed by atoms with Gasteiger partial charge < -0.3 is 14.5 Å². The zero-order valence-electron chi connectivity index (χ0n) is 11.3. The van der Waals surface area contributed by atoms with E-state index in [2.05, 4.69) is 22.2 Å². The Morgan fingerprint density at radius 2 is 2.21 bits per heavy atom. The molecular weight excluding hydrogens is 242 g/mol. The van der Waals surface area contributed by atoms with Crippen LogP contribution in [0.2, 0.25) is 0 Å². The summed E-state index contributed by atoms with van der Waals surface area (Å²) < 4.78 is 10.9. The number of anilines is 1. The van der Waals surface area contributed by atoms with E-state index in [1.807, 2.05) is 25.1 Å². The molecule has 0 fully saturated rings. The monoisotopic (exact) mass is 261 g/mol. The van der Waals surface area contributed by atoms with Crippen LogP contribution in [-0.4, -0.2) is 16.5 Å². The molecule has 0 radical (unpaired) electrons. The number of nitrogens with one attached hydrogen (secondary N) is 1. The molecule has 0 unspecified atom stereocenters. The fourth-order valence-corrected chi connectivity index (χ4v) is 1.69. The van der Waals surface area contributed by atoms with Gasteiger partial charge in [0.2, 0.25) is 5.88 Å². The molecule has 19 heavy (non-hydrogen) atoms. The Morgan fingerprint density at radius 3 is 2.89 bits per heavy atom. The first-order valence-electron chi connectivity index (χ1n) is 6.58. The van der Waals surface area contributed by atoms with Gasteiger partial charge in [0.15, 0.2) is 0 Å². The number of hydrogen-bond donors (Lipinski definition) is 1. The Kier molecular flexibility index (Phi) is 4.78. The lowest BCUT2D eigenvalue weighted by molar-refractivity contribution is 0.259. The van der Waals surface area contributed by atoms with E-state index in [9.17, 15) is 0 Å². The fourth-order valence-electron chi connectivity index (χ4n) is 1.69. The number of aryl methyl sites for hydroxylation is 1. The third-order valence-electron chi connectivity index (χ3n) is 2.52. The van der Waals surface area contributed by atoms with Crippen molar-refractivity contribution >= 4 is 5.82 Å². The molecule has 0 saturated heterocycles. The Bertz CT molecular complexity index is 473. The van der Waals surface area contributed by atoms with Crippen LogP contribution in [0.15, 0.2) is 28.9 Å². The lowest BCUT2D eigenvalue weighted by atomic mass is 10.3. The third-order valence-corrected chi connectivity index (χ3v) is 2.52. The predicted molar refractivity (Wildman–Crippen MR) is 73.2 cm³/mol. The van der Waals surface area contributed by atoms with Crippen LogP contribution < -0.4 is 10.1 Å². The van der Waals surface area contributed by atoms with Crippen molar-refractivity contribution in [2.24, 2.45) is 0 Å². The van der Waals surface area contributed by atoms with Gasteiger partial charge in [-0.15, -0.1) is 0 Å². The van der Waals surface area contributed by atoms with Gasteiger partial charge in [0.25, 0.3) is 0 Å². The number of hydrogen-bond acceptors (Lipinski definition) is 5. The summed E-state index contributed by atoms with van der Waals surface area (Å²) in [5.74, 6) is 2.96. The minimum atomic E-state index is 0.376. The van der Waals surface area contributed by atoms with Crippen molar-refractivity contribution in [1.29, 1.82) is 0 Å². The Balaban J connectivity index is 2.08. The molecule has 0 atom stereocenters. The van der Waals surface area contributed by atoms with Crippen molar-refractivity contribution < 1.29 is 9.15 Å². The van der Waals surface area contributed by atoms with Crippen LogP contribution in [0, 0.1) is 0 Å². The van der Waals surface area contributed by atoms with Gasteiger partial charge in [0.1, 0.15) is 24.0 Å². The van der Waals surface area contributed by atoms with Gasteiger partial charge in [0, 0.05) is 19.0 Å². The SMILES string of the molecule is CCCc1nc(NCC)cc(OCc2ccco2)n1. The largest absolute Gasteiger partial charge is 0.469 e. The average molecular weight is 261 g/mol. The summed E-state index contributed by atoms with van der Waals surface area (Å²) in [5.41, 5.74) is 0. The van der Waals surface area contributed by atoms with Crippen LogP contribution >= 0.6 is 0 Å². The molecule has 0 aliphatic carbocycles. The zero-order chi connectivity index (χ0) is 13.5. The van der Waals surface area contributed by atoms with Crippen molar-refractivity contribution in [3.63, 3.8) is 0 Å². The highest BCUT2D eigenvalue weighted by molar-refractivity contribution is 5.38. The molecule has 2 rings (SSSR count). The lowest BCUT2D eigenvalue weighted by Crippen LogP contribution is -2.06. The number of nitrogens with zero attached hydrogens (tertiary/aromatic N) is 2. The molecule has 0 aliphatic rings. The van der Waals surface area contributed by atoms with Crippen molar-refractivity contribution in [2.75, 3.05) is 11.9 Å². The van der Waals surface area contributed by atoms with Crippen molar-refractivity contribution in [3.05, 3.63) is 36.0 Å². The van der Waals surface area contributed by atoms with Crippen molar-refractivity contribution in [3.8, 4) is 5.88 Å². The minimum Gasteiger partial charge on any atom is -0.469 e. The first-order valence-corrected chi connectivity index (χ1v) is 6.58. The first-order chi connectivity index (χ1) is 9.31. The summed E-state index contributed by atoms with van der Waals surface area (Å²) in [6, 6.07) is 5.52. The minimum absolute atomic E-state index is 0.376. The van der Waals surface area contributed by atoms with E-state index in [-0.39, 0.29) is 0 Å². The molecule has 102 valence electrons. The van der Waals surface area contributed by atoms with E-state index >= 15 is 0 Å². The van der Waals surface area contributed by atoms with Crippen LogP contribution in [0.5, 0.6) is 5.88 Å². The van der Waals surface area contributed by atoms with E-state index < -0.39 is 0 Å². The normalized spacial score (nSPS) is 10.4. The highest BCUT2D eigenvalue weighted by Gasteiger charge is 2.06. The highest BCUT2D eigenvalue weighted by atomic mass is 16.5. The summed E-state index contributed by atoms with van der Waals surface area (Å²) >= 11 is 0. The average Bonchev–Trinajstić information content (AvgIpc) is 2.90. The van der Waals surface area contributed by atoms with Crippen molar-refractivity contribution in [2.45, 2.75) is 33.3 Å². The molecule has 0 saturated carbocycles. The van der Waals surface area contributed by atoms with E-state index in [4.69, 9.17) is 9.15 Å². The molecular formula is C14H19N3O2. The maximum absolute atomic E-state index is 5.64. The second kappa shape index (κ2) is 6.78. The Labute approximate surface area is 113 Å². The maximum atomic E-state index is 5.64. The van der Waals surface area contributed by atoms with Gasteiger partial charge in [-0.3, -0.25) is 0 Å². The number of ether oxygens (including phenoxy) is 1. The summed E-state index contributed by atoms with van der Waals surface area (Å²) in [6.07, 6.45) is 3.48. The third kappa shape index (κ3) is 3.98. The van der Waals surface area contributed by atoms with E-state index in [0.717, 1.165) is 36.8 Å². The molecule has 5 nitrogen and oxygen atoms in total. The van der Waals surface area contributed by atoms with E-state index in [1.54, 1.807) is 6.26 Å².